The van der Waals surface area contributed by atoms with E-state index in [0.717, 1.165) is 41.8 Å². The third-order valence-corrected chi connectivity index (χ3v) is 4.46. The number of nitrogens with zero attached hydrogens (tertiary/aromatic N) is 3. The van der Waals surface area contributed by atoms with E-state index in [9.17, 15) is 0 Å². The van der Waals surface area contributed by atoms with Crippen molar-refractivity contribution in [1.82, 2.24) is 14.6 Å². The van der Waals surface area contributed by atoms with Crippen molar-refractivity contribution in [3.05, 3.63) is 58.8 Å². The van der Waals surface area contributed by atoms with Crippen LogP contribution in [0.3, 0.4) is 0 Å². The van der Waals surface area contributed by atoms with Crippen molar-refractivity contribution in [2.75, 3.05) is 19.0 Å². The molecule has 0 radical (unpaired) electrons. The van der Waals surface area contributed by atoms with E-state index in [-0.39, 0.29) is 0 Å². The number of nitrogens with one attached hydrogen (secondary N) is 1. The summed E-state index contributed by atoms with van der Waals surface area (Å²) in [7, 11) is 1.74. The van der Waals surface area contributed by atoms with Gasteiger partial charge in [0.2, 0.25) is 0 Å². The summed E-state index contributed by atoms with van der Waals surface area (Å²) in [4.78, 5) is 4.66. The van der Waals surface area contributed by atoms with Gasteiger partial charge in [-0.3, -0.25) is 0 Å². The summed E-state index contributed by atoms with van der Waals surface area (Å²) in [6, 6.07) is 12.8. The molecular formula is C18H21BrN4O. The van der Waals surface area contributed by atoms with E-state index in [1.165, 1.54) is 5.56 Å². The molecule has 1 atom stereocenters. The molecule has 1 unspecified atom stereocenters. The van der Waals surface area contributed by atoms with Gasteiger partial charge in [-0.15, -0.1) is 0 Å². The molecule has 126 valence electrons. The normalized spacial score (nSPS) is 12.4. The summed E-state index contributed by atoms with van der Waals surface area (Å²) >= 11 is 3.48. The van der Waals surface area contributed by atoms with E-state index in [1.807, 2.05) is 18.3 Å². The highest BCUT2D eigenvalue weighted by Crippen LogP contribution is 2.19. The van der Waals surface area contributed by atoms with E-state index in [4.69, 9.17) is 4.74 Å². The number of fused-ring (bicyclic) bond motifs is 1. The summed E-state index contributed by atoms with van der Waals surface area (Å²) in [5.41, 5.74) is 2.13. The van der Waals surface area contributed by atoms with Crippen LogP contribution in [0.1, 0.15) is 18.4 Å². The number of halogens is 1. The SMILES string of the molecule is COCCCC(Cc1ccccc1)Nc1ccn2ncc(Br)c2n1. The molecule has 1 N–H and O–H groups in total. The van der Waals surface area contributed by atoms with Crippen LogP contribution in [0.2, 0.25) is 0 Å². The molecule has 24 heavy (non-hydrogen) atoms. The Hall–Kier alpha value is -1.92. The van der Waals surface area contributed by atoms with Gasteiger partial charge in [-0.2, -0.15) is 5.10 Å². The van der Waals surface area contributed by atoms with E-state index in [2.05, 4.69) is 55.6 Å². The first-order valence-electron chi connectivity index (χ1n) is 8.05. The molecule has 2 heterocycles. The largest absolute Gasteiger partial charge is 0.385 e. The fraction of sp³-hybridized carbons (Fsp3) is 0.333. The van der Waals surface area contributed by atoms with Crippen molar-refractivity contribution in [2.45, 2.75) is 25.3 Å². The Morgan fingerprint density at radius 3 is 2.88 bits per heavy atom. The van der Waals surface area contributed by atoms with E-state index in [0.29, 0.717) is 6.04 Å². The molecule has 0 saturated heterocycles. The molecule has 5 nitrogen and oxygen atoms in total. The van der Waals surface area contributed by atoms with Gasteiger partial charge in [0.15, 0.2) is 5.65 Å². The second kappa shape index (κ2) is 8.26. The topological polar surface area (TPSA) is 51.5 Å². The maximum Gasteiger partial charge on any atom is 0.171 e. The summed E-state index contributed by atoms with van der Waals surface area (Å²) in [5, 5.41) is 7.80. The first-order valence-corrected chi connectivity index (χ1v) is 8.85. The summed E-state index contributed by atoms with van der Waals surface area (Å²) in [5.74, 6) is 0.863. The number of rotatable bonds is 8. The Balaban J connectivity index is 1.74. The molecule has 0 saturated carbocycles. The molecule has 0 amide bonds. The van der Waals surface area contributed by atoms with Gasteiger partial charge < -0.3 is 10.1 Å². The van der Waals surface area contributed by atoms with E-state index < -0.39 is 0 Å². The second-order valence-corrected chi connectivity index (χ2v) is 6.59. The third-order valence-electron chi connectivity index (χ3n) is 3.90. The van der Waals surface area contributed by atoms with Gasteiger partial charge in [0.1, 0.15) is 5.82 Å². The van der Waals surface area contributed by atoms with Crippen LogP contribution in [0.5, 0.6) is 0 Å². The van der Waals surface area contributed by atoms with Crippen molar-refractivity contribution in [3.63, 3.8) is 0 Å². The maximum atomic E-state index is 5.19. The molecule has 0 aliphatic carbocycles. The first kappa shape index (κ1) is 16.9. The van der Waals surface area contributed by atoms with Crippen molar-refractivity contribution in [2.24, 2.45) is 0 Å². The lowest BCUT2D eigenvalue weighted by Gasteiger charge is -2.19. The maximum absolute atomic E-state index is 5.19. The average Bonchev–Trinajstić information content (AvgIpc) is 2.97. The summed E-state index contributed by atoms with van der Waals surface area (Å²) in [6.07, 6.45) is 6.67. The van der Waals surface area contributed by atoms with Gasteiger partial charge in [-0.1, -0.05) is 30.3 Å². The Morgan fingerprint density at radius 2 is 2.08 bits per heavy atom. The molecule has 1 aromatic carbocycles. The first-order chi connectivity index (χ1) is 11.8. The van der Waals surface area contributed by atoms with Gasteiger partial charge in [-0.05, 0) is 46.8 Å². The Kier molecular flexibility index (Phi) is 5.82. The lowest BCUT2D eigenvalue weighted by molar-refractivity contribution is 0.191. The summed E-state index contributed by atoms with van der Waals surface area (Å²) in [6.45, 7) is 0.771. The van der Waals surface area contributed by atoms with Crippen LogP contribution in [0.4, 0.5) is 5.82 Å². The van der Waals surface area contributed by atoms with Gasteiger partial charge in [0.05, 0.1) is 10.7 Å². The lowest BCUT2D eigenvalue weighted by Crippen LogP contribution is -2.23. The lowest BCUT2D eigenvalue weighted by atomic mass is 10.0. The van der Waals surface area contributed by atoms with Crippen LogP contribution in [-0.4, -0.2) is 34.4 Å². The molecule has 0 bridgehead atoms. The number of aromatic nitrogens is 3. The molecule has 3 aromatic rings. The number of hydrogen-bond donors (Lipinski definition) is 1. The zero-order chi connectivity index (χ0) is 16.8. The van der Waals surface area contributed by atoms with Gasteiger partial charge in [0.25, 0.3) is 0 Å². The number of ether oxygens (including phenoxy) is 1. The standard InChI is InChI=1S/C18H21BrN4O/c1-24-11-5-8-15(12-14-6-3-2-4-7-14)21-17-9-10-23-18(22-17)16(19)13-20-23/h2-4,6-7,9-10,13,15H,5,8,11-12H2,1H3,(H,21,22). The monoisotopic (exact) mass is 388 g/mol. The minimum absolute atomic E-state index is 0.305. The van der Waals surface area contributed by atoms with Gasteiger partial charge >= 0.3 is 0 Å². The second-order valence-electron chi connectivity index (χ2n) is 5.74. The molecule has 6 heteroatoms. The van der Waals surface area contributed by atoms with Crippen LogP contribution in [0.25, 0.3) is 5.65 Å². The minimum atomic E-state index is 0.305. The van der Waals surface area contributed by atoms with Crippen molar-refractivity contribution in [1.29, 1.82) is 0 Å². The number of hydrogen-bond acceptors (Lipinski definition) is 4. The summed E-state index contributed by atoms with van der Waals surface area (Å²) < 4.78 is 7.84. The molecule has 0 spiro atoms. The fourth-order valence-electron chi connectivity index (χ4n) is 2.73. The van der Waals surface area contributed by atoms with Gasteiger partial charge in [0, 0.05) is 26.0 Å². The average molecular weight is 389 g/mol. The fourth-order valence-corrected chi connectivity index (χ4v) is 3.09. The highest BCUT2D eigenvalue weighted by Gasteiger charge is 2.12. The van der Waals surface area contributed by atoms with E-state index in [1.54, 1.807) is 17.8 Å². The number of methoxy groups -OCH3 is 1. The molecular weight excluding hydrogens is 368 g/mol. The zero-order valence-electron chi connectivity index (χ0n) is 13.7. The van der Waals surface area contributed by atoms with Crippen LogP contribution in [0, 0.1) is 0 Å². The van der Waals surface area contributed by atoms with Crippen LogP contribution in [0.15, 0.2) is 53.3 Å². The van der Waals surface area contributed by atoms with Gasteiger partial charge in [-0.25, -0.2) is 9.50 Å². The van der Waals surface area contributed by atoms with E-state index >= 15 is 0 Å². The smallest absolute Gasteiger partial charge is 0.171 e. The minimum Gasteiger partial charge on any atom is -0.385 e. The van der Waals surface area contributed by atoms with Crippen LogP contribution >= 0.6 is 15.9 Å². The quantitative estimate of drug-likeness (QED) is 0.593. The number of anilines is 1. The van der Waals surface area contributed by atoms with Crippen molar-refractivity contribution < 1.29 is 4.74 Å². The van der Waals surface area contributed by atoms with Crippen LogP contribution in [-0.2, 0) is 11.2 Å². The predicted octanol–water partition coefficient (Wildman–Crippen LogP) is 3.94. The molecule has 0 aliphatic heterocycles. The predicted molar refractivity (Wildman–Crippen MR) is 99.4 cm³/mol. The molecule has 2 aromatic heterocycles. The Labute approximate surface area is 150 Å². The highest BCUT2D eigenvalue weighted by atomic mass is 79.9. The number of benzene rings is 1. The third kappa shape index (κ3) is 4.33. The Morgan fingerprint density at radius 1 is 1.25 bits per heavy atom. The zero-order valence-corrected chi connectivity index (χ0v) is 15.2. The van der Waals surface area contributed by atoms with Crippen LogP contribution < -0.4 is 5.32 Å². The van der Waals surface area contributed by atoms with Crippen molar-refractivity contribution >= 4 is 27.4 Å². The van der Waals surface area contributed by atoms with Crippen molar-refractivity contribution in [3.8, 4) is 0 Å². The Bertz CT molecular complexity index is 775. The molecule has 0 aliphatic rings. The molecule has 3 rings (SSSR count). The highest BCUT2D eigenvalue weighted by molar-refractivity contribution is 9.10. The molecule has 0 fully saturated rings.